The van der Waals surface area contributed by atoms with E-state index in [1.807, 2.05) is 12.1 Å². The van der Waals surface area contributed by atoms with Crippen LogP contribution in [0.1, 0.15) is 11.1 Å². The van der Waals surface area contributed by atoms with Gasteiger partial charge in [-0.1, -0.05) is 23.9 Å². The molecule has 0 atom stereocenters. The van der Waals surface area contributed by atoms with E-state index in [0.29, 0.717) is 16.9 Å². The molecule has 2 aromatic rings. The zero-order valence-electron chi connectivity index (χ0n) is 13.7. The number of carbonyl (C=O) groups is 1. The maximum atomic E-state index is 11.4. The number of anilines is 1. The third kappa shape index (κ3) is 4.03. The summed E-state index contributed by atoms with van der Waals surface area (Å²) in [5.74, 6) is -0.137. The van der Waals surface area contributed by atoms with E-state index in [4.69, 9.17) is 15.6 Å². The number of aliphatic hydroxyl groups excluding tert-OH is 1. The number of nitrogens with zero attached hydrogens (tertiary/aromatic N) is 3. The topological polar surface area (TPSA) is 142 Å². The number of ether oxygens (including phenoxy) is 2. The van der Waals surface area contributed by atoms with Crippen molar-refractivity contribution in [1.29, 1.82) is 10.5 Å². The summed E-state index contributed by atoms with van der Waals surface area (Å²) in [6, 6.07) is 10.5. The smallest absolute Gasteiger partial charge is 0.316 e. The van der Waals surface area contributed by atoms with Crippen molar-refractivity contribution in [3.05, 3.63) is 35.4 Å². The van der Waals surface area contributed by atoms with Gasteiger partial charge >= 0.3 is 5.97 Å². The first-order valence-corrected chi connectivity index (χ1v) is 8.21. The Hall–Kier alpha value is -3.27. The van der Waals surface area contributed by atoms with E-state index in [0.717, 1.165) is 11.8 Å². The molecule has 0 bridgehead atoms. The summed E-state index contributed by atoms with van der Waals surface area (Å²) >= 11 is 1.00. The van der Waals surface area contributed by atoms with Crippen LogP contribution in [-0.4, -0.2) is 35.7 Å². The number of methoxy groups -OCH3 is 1. The van der Waals surface area contributed by atoms with Gasteiger partial charge in [-0.3, -0.25) is 4.79 Å². The van der Waals surface area contributed by atoms with Gasteiger partial charge in [-0.2, -0.15) is 10.5 Å². The molecule has 0 saturated carbocycles. The number of benzene rings is 1. The van der Waals surface area contributed by atoms with E-state index in [-0.39, 0.29) is 27.7 Å². The molecule has 0 aliphatic carbocycles. The zero-order valence-corrected chi connectivity index (χ0v) is 14.5. The van der Waals surface area contributed by atoms with Crippen molar-refractivity contribution in [3.8, 4) is 29.0 Å². The summed E-state index contributed by atoms with van der Waals surface area (Å²) in [5, 5.41) is 28.1. The Morgan fingerprint density at radius 3 is 2.46 bits per heavy atom. The number of rotatable bonds is 6. The number of nitrogens with two attached hydrogens (primary N) is 1. The molecule has 0 radical (unpaired) electrons. The monoisotopic (exact) mass is 370 g/mol. The van der Waals surface area contributed by atoms with Gasteiger partial charge in [0.15, 0.2) is 6.79 Å². The van der Waals surface area contributed by atoms with Gasteiger partial charge in [0.2, 0.25) is 0 Å². The molecule has 132 valence electrons. The SMILES string of the molecule is COC(=O)CSc1nc(N)c(C#N)c(-c2ccc(OCO)cc2)c1C#N. The fraction of sp³-hybridized carbons (Fsp3) is 0.176. The van der Waals surface area contributed by atoms with Gasteiger partial charge < -0.3 is 20.3 Å². The molecule has 3 N–H and O–H groups in total. The van der Waals surface area contributed by atoms with Crippen molar-refractivity contribution in [2.75, 3.05) is 25.4 Å². The molecule has 0 aliphatic rings. The number of thioether (sulfide) groups is 1. The molecule has 8 nitrogen and oxygen atoms in total. The summed E-state index contributed by atoms with van der Waals surface area (Å²) < 4.78 is 9.55. The van der Waals surface area contributed by atoms with Gasteiger partial charge in [0.25, 0.3) is 0 Å². The van der Waals surface area contributed by atoms with Gasteiger partial charge in [-0.25, -0.2) is 4.98 Å². The summed E-state index contributed by atoms with van der Waals surface area (Å²) in [6.45, 7) is -0.469. The first kappa shape index (κ1) is 19.1. The average Bonchev–Trinajstić information content (AvgIpc) is 2.66. The highest BCUT2D eigenvalue weighted by Crippen LogP contribution is 2.36. The highest BCUT2D eigenvalue weighted by atomic mass is 32.2. The molecule has 0 unspecified atom stereocenters. The Kier molecular flexibility index (Phi) is 6.39. The van der Waals surface area contributed by atoms with Crippen LogP contribution < -0.4 is 10.5 Å². The predicted molar refractivity (Wildman–Crippen MR) is 94.0 cm³/mol. The minimum Gasteiger partial charge on any atom is -0.468 e. The molecule has 0 aliphatic heterocycles. The first-order chi connectivity index (χ1) is 12.5. The normalized spacial score (nSPS) is 9.85. The fourth-order valence-electron chi connectivity index (χ4n) is 2.17. The largest absolute Gasteiger partial charge is 0.468 e. The van der Waals surface area contributed by atoms with Crippen molar-refractivity contribution < 1.29 is 19.4 Å². The standard InChI is InChI=1S/C17H14N4O4S/c1-24-14(23)8-26-17-13(7-19)15(12(6-18)16(20)21-17)10-2-4-11(5-3-10)25-9-22/h2-5,22H,8-9H2,1H3,(H2,20,21). The third-order valence-corrected chi connectivity index (χ3v) is 4.29. The van der Waals surface area contributed by atoms with Gasteiger partial charge in [0.05, 0.1) is 18.4 Å². The quantitative estimate of drug-likeness (QED) is 0.441. The van der Waals surface area contributed by atoms with E-state index in [9.17, 15) is 15.3 Å². The van der Waals surface area contributed by atoms with Crippen molar-refractivity contribution in [3.63, 3.8) is 0 Å². The number of hydrogen-bond acceptors (Lipinski definition) is 9. The number of aromatic nitrogens is 1. The lowest BCUT2D eigenvalue weighted by atomic mass is 9.97. The lowest BCUT2D eigenvalue weighted by Crippen LogP contribution is -2.07. The van der Waals surface area contributed by atoms with Crippen LogP contribution in [0.2, 0.25) is 0 Å². The van der Waals surface area contributed by atoms with Gasteiger partial charge in [0.1, 0.15) is 34.3 Å². The Labute approximate surface area is 153 Å². The number of aliphatic hydroxyl groups is 1. The van der Waals surface area contributed by atoms with Crippen molar-refractivity contribution in [2.45, 2.75) is 5.03 Å². The van der Waals surface area contributed by atoms with Gasteiger partial charge in [-0.05, 0) is 17.7 Å². The lowest BCUT2D eigenvalue weighted by Gasteiger charge is -2.13. The van der Waals surface area contributed by atoms with Crippen molar-refractivity contribution in [2.24, 2.45) is 0 Å². The van der Waals surface area contributed by atoms with Gasteiger partial charge in [0, 0.05) is 5.56 Å². The fourth-order valence-corrected chi connectivity index (χ4v) is 3.00. The first-order valence-electron chi connectivity index (χ1n) is 7.23. The van der Waals surface area contributed by atoms with Crippen LogP contribution in [0, 0.1) is 22.7 Å². The number of pyridine rings is 1. The lowest BCUT2D eigenvalue weighted by molar-refractivity contribution is -0.137. The molecule has 0 saturated heterocycles. The molecule has 2 rings (SSSR count). The van der Waals surface area contributed by atoms with E-state index in [1.165, 1.54) is 7.11 Å². The van der Waals surface area contributed by atoms with Crippen LogP contribution in [0.5, 0.6) is 5.75 Å². The van der Waals surface area contributed by atoms with Crippen molar-refractivity contribution in [1.82, 2.24) is 4.98 Å². The van der Waals surface area contributed by atoms with Crippen LogP contribution in [0.4, 0.5) is 5.82 Å². The van der Waals surface area contributed by atoms with E-state index >= 15 is 0 Å². The summed E-state index contributed by atoms with van der Waals surface area (Å²) in [5.41, 5.74) is 6.97. The minimum atomic E-state index is -0.476. The van der Waals surface area contributed by atoms with Gasteiger partial charge in [-0.15, -0.1) is 0 Å². The summed E-state index contributed by atoms with van der Waals surface area (Å²) in [6.07, 6.45) is 0. The van der Waals surface area contributed by atoms with Crippen LogP contribution in [0.25, 0.3) is 11.1 Å². The molecule has 0 amide bonds. The number of esters is 1. The predicted octanol–water partition coefficient (Wildman–Crippen LogP) is 1.67. The average molecular weight is 370 g/mol. The maximum absolute atomic E-state index is 11.4. The molecule has 0 fully saturated rings. The Morgan fingerprint density at radius 2 is 1.92 bits per heavy atom. The van der Waals surface area contributed by atoms with E-state index < -0.39 is 12.8 Å². The minimum absolute atomic E-state index is 0.0375. The second-order valence-electron chi connectivity index (χ2n) is 4.81. The Bertz CT molecular complexity index is 901. The maximum Gasteiger partial charge on any atom is 0.316 e. The second-order valence-corrected chi connectivity index (χ2v) is 5.78. The van der Waals surface area contributed by atoms with Crippen LogP contribution in [0.15, 0.2) is 29.3 Å². The van der Waals surface area contributed by atoms with Crippen LogP contribution in [-0.2, 0) is 9.53 Å². The molecular weight excluding hydrogens is 356 g/mol. The van der Waals surface area contributed by atoms with Crippen LogP contribution in [0.3, 0.4) is 0 Å². The highest BCUT2D eigenvalue weighted by molar-refractivity contribution is 7.99. The molecule has 1 heterocycles. The Balaban J connectivity index is 2.58. The summed E-state index contributed by atoms with van der Waals surface area (Å²) in [4.78, 5) is 15.5. The van der Waals surface area contributed by atoms with E-state index in [2.05, 4.69) is 9.72 Å². The Morgan fingerprint density at radius 1 is 1.27 bits per heavy atom. The number of hydrogen-bond donors (Lipinski definition) is 2. The van der Waals surface area contributed by atoms with E-state index in [1.54, 1.807) is 24.3 Å². The molecule has 1 aromatic heterocycles. The third-order valence-electron chi connectivity index (χ3n) is 3.34. The second kappa shape index (κ2) is 8.72. The molecule has 0 spiro atoms. The summed E-state index contributed by atoms with van der Waals surface area (Å²) in [7, 11) is 1.26. The molecule has 1 aromatic carbocycles. The van der Waals surface area contributed by atoms with Crippen LogP contribution >= 0.6 is 11.8 Å². The molecular formula is C17H14N4O4S. The number of carbonyl (C=O) groups excluding carboxylic acids is 1. The molecule has 26 heavy (non-hydrogen) atoms. The zero-order chi connectivity index (χ0) is 19.1. The highest BCUT2D eigenvalue weighted by Gasteiger charge is 2.21. The number of nitrogen functional groups attached to an aromatic ring is 1. The van der Waals surface area contributed by atoms with Crippen molar-refractivity contribution >= 4 is 23.5 Å². The molecule has 9 heteroatoms. The number of nitriles is 2.